The molecule has 108 valence electrons. The van der Waals surface area contributed by atoms with Gasteiger partial charge >= 0.3 is 0 Å². The van der Waals surface area contributed by atoms with Gasteiger partial charge in [-0.15, -0.1) is 0 Å². The lowest BCUT2D eigenvalue weighted by molar-refractivity contribution is 0.0944. The number of nitrogens with two attached hydrogens (primary N) is 1. The predicted octanol–water partition coefficient (Wildman–Crippen LogP) is 0.310. The molecule has 7 nitrogen and oxygen atoms in total. The first-order chi connectivity index (χ1) is 8.79. The van der Waals surface area contributed by atoms with E-state index in [0.717, 1.165) is 0 Å². The average molecular weight is 290 g/mol. The summed E-state index contributed by atoms with van der Waals surface area (Å²) in [7, 11) is -2.44. The Bertz CT molecular complexity index is 562. The molecule has 1 aromatic heterocycles. The van der Waals surface area contributed by atoms with Gasteiger partial charge in [-0.1, -0.05) is 0 Å². The van der Waals surface area contributed by atoms with E-state index in [1.807, 2.05) is 0 Å². The lowest BCUT2D eigenvalue weighted by atomic mass is 10.2. The van der Waals surface area contributed by atoms with E-state index in [1.54, 1.807) is 7.11 Å². The Balaban J connectivity index is 2.97. The van der Waals surface area contributed by atoms with Crippen LogP contribution in [-0.2, 0) is 14.8 Å². The zero-order chi connectivity index (χ0) is 14.6. The van der Waals surface area contributed by atoms with E-state index >= 15 is 0 Å². The summed E-state index contributed by atoms with van der Waals surface area (Å²) in [4.78, 5) is 11.7. The Morgan fingerprint density at radius 1 is 1.37 bits per heavy atom. The minimum atomic E-state index is -4.00. The van der Waals surface area contributed by atoms with Crippen molar-refractivity contribution in [2.45, 2.75) is 25.2 Å². The number of primary sulfonamides is 1. The van der Waals surface area contributed by atoms with Crippen molar-refractivity contribution in [1.82, 2.24) is 5.32 Å². The van der Waals surface area contributed by atoms with Crippen LogP contribution in [-0.4, -0.2) is 34.6 Å². The van der Waals surface area contributed by atoms with Crippen molar-refractivity contribution in [2.24, 2.45) is 5.14 Å². The quantitative estimate of drug-likeness (QED) is 0.732. The van der Waals surface area contributed by atoms with Gasteiger partial charge in [-0.25, -0.2) is 13.6 Å². The van der Waals surface area contributed by atoms with Gasteiger partial charge in [0.2, 0.25) is 10.0 Å². The number of sulfonamides is 1. The summed E-state index contributed by atoms with van der Waals surface area (Å²) < 4.78 is 33.0. The summed E-state index contributed by atoms with van der Waals surface area (Å²) in [6, 6.07) is 0. The van der Waals surface area contributed by atoms with Crippen LogP contribution in [0.2, 0.25) is 0 Å². The molecule has 3 N–H and O–H groups in total. The second kappa shape index (κ2) is 6.18. The standard InChI is InChI=1S/C11H18N2O5S/c1-7-9(11(14)13-5-4-6-17-3)10(8(2)18-7)19(12,15)16/h4-6H2,1-3H3,(H,13,14)(H2,12,15,16). The fraction of sp³-hybridized carbons (Fsp3) is 0.545. The highest BCUT2D eigenvalue weighted by molar-refractivity contribution is 7.89. The maximum absolute atomic E-state index is 12.0. The first kappa shape index (κ1) is 15.7. The molecule has 0 aromatic carbocycles. The molecule has 8 heteroatoms. The minimum Gasteiger partial charge on any atom is -0.464 e. The molecule has 0 radical (unpaired) electrons. The number of hydrogen-bond donors (Lipinski definition) is 2. The van der Waals surface area contributed by atoms with Gasteiger partial charge in [-0.05, 0) is 20.3 Å². The van der Waals surface area contributed by atoms with Crippen LogP contribution in [0, 0.1) is 13.8 Å². The second-order valence-corrected chi connectivity index (χ2v) is 5.56. The lowest BCUT2D eigenvalue weighted by Crippen LogP contribution is -2.28. The third-order valence-electron chi connectivity index (χ3n) is 2.53. The first-order valence-electron chi connectivity index (χ1n) is 5.69. The van der Waals surface area contributed by atoms with Crippen LogP contribution in [0.15, 0.2) is 9.31 Å². The third-order valence-corrected chi connectivity index (χ3v) is 3.59. The van der Waals surface area contributed by atoms with E-state index in [0.29, 0.717) is 19.6 Å². The van der Waals surface area contributed by atoms with Crippen molar-refractivity contribution in [3.63, 3.8) is 0 Å². The Labute approximate surface area is 112 Å². The van der Waals surface area contributed by atoms with Crippen molar-refractivity contribution in [1.29, 1.82) is 0 Å². The first-order valence-corrected chi connectivity index (χ1v) is 7.23. The molecule has 1 heterocycles. The number of carbonyl (C=O) groups is 1. The highest BCUT2D eigenvalue weighted by Gasteiger charge is 2.28. The SMILES string of the molecule is COCCCNC(=O)c1c(C)oc(C)c1S(N)(=O)=O. The molecule has 0 spiro atoms. The van der Waals surface area contributed by atoms with Crippen LogP contribution in [0.4, 0.5) is 0 Å². The van der Waals surface area contributed by atoms with Crippen molar-refractivity contribution in [2.75, 3.05) is 20.3 Å². The largest absolute Gasteiger partial charge is 0.464 e. The molecular formula is C11H18N2O5S. The van der Waals surface area contributed by atoms with Crippen molar-refractivity contribution < 1.29 is 22.4 Å². The molecule has 0 fully saturated rings. The number of nitrogens with one attached hydrogen (secondary N) is 1. The number of carbonyl (C=O) groups excluding carboxylic acids is 1. The van der Waals surface area contributed by atoms with Crippen LogP contribution >= 0.6 is 0 Å². The molecule has 0 saturated carbocycles. The van der Waals surface area contributed by atoms with Crippen LogP contribution < -0.4 is 10.5 Å². The summed E-state index contributed by atoms with van der Waals surface area (Å²) in [6.45, 7) is 3.85. The summed E-state index contributed by atoms with van der Waals surface area (Å²) >= 11 is 0. The van der Waals surface area contributed by atoms with Crippen molar-refractivity contribution in [3.05, 3.63) is 17.1 Å². The molecule has 0 aliphatic carbocycles. The maximum atomic E-state index is 12.0. The molecule has 1 rings (SSSR count). The van der Waals surface area contributed by atoms with Crippen molar-refractivity contribution in [3.8, 4) is 0 Å². The number of hydrogen-bond acceptors (Lipinski definition) is 5. The maximum Gasteiger partial charge on any atom is 0.256 e. The van der Waals surface area contributed by atoms with Gasteiger partial charge in [0.25, 0.3) is 5.91 Å². The number of methoxy groups -OCH3 is 1. The summed E-state index contributed by atoms with van der Waals surface area (Å²) in [6.07, 6.45) is 0.628. The molecule has 0 unspecified atom stereocenters. The topological polar surface area (TPSA) is 112 Å². The zero-order valence-corrected chi connectivity index (χ0v) is 12.0. The number of rotatable bonds is 6. The Morgan fingerprint density at radius 3 is 2.53 bits per heavy atom. The van der Waals surface area contributed by atoms with Gasteiger partial charge in [0.15, 0.2) is 0 Å². The molecule has 0 atom stereocenters. The van der Waals surface area contributed by atoms with E-state index in [-0.39, 0.29) is 22.0 Å². The summed E-state index contributed by atoms with van der Waals surface area (Å²) in [5.74, 6) is -0.178. The summed E-state index contributed by atoms with van der Waals surface area (Å²) in [5, 5.41) is 7.70. The molecule has 0 bridgehead atoms. The highest BCUT2D eigenvalue weighted by Crippen LogP contribution is 2.25. The van der Waals surface area contributed by atoms with E-state index in [4.69, 9.17) is 14.3 Å². The van der Waals surface area contributed by atoms with Gasteiger partial charge in [-0.2, -0.15) is 0 Å². The molecule has 1 aromatic rings. The smallest absolute Gasteiger partial charge is 0.256 e. The molecule has 1 amide bonds. The van der Waals surface area contributed by atoms with Gasteiger partial charge in [-0.3, -0.25) is 4.79 Å². The van der Waals surface area contributed by atoms with Gasteiger partial charge in [0.1, 0.15) is 22.0 Å². The van der Waals surface area contributed by atoms with E-state index in [1.165, 1.54) is 13.8 Å². The van der Waals surface area contributed by atoms with Crippen molar-refractivity contribution >= 4 is 15.9 Å². The van der Waals surface area contributed by atoms with E-state index in [9.17, 15) is 13.2 Å². The van der Waals surface area contributed by atoms with Gasteiger partial charge in [0, 0.05) is 20.3 Å². The number of aryl methyl sites for hydroxylation is 2. The molecule has 0 aliphatic rings. The predicted molar refractivity (Wildman–Crippen MR) is 68.4 cm³/mol. The normalized spacial score (nSPS) is 11.6. The van der Waals surface area contributed by atoms with Crippen LogP contribution in [0.5, 0.6) is 0 Å². The fourth-order valence-corrected chi connectivity index (χ4v) is 2.74. The van der Waals surface area contributed by atoms with Gasteiger partial charge < -0.3 is 14.5 Å². The molecule has 0 aliphatic heterocycles. The zero-order valence-electron chi connectivity index (χ0n) is 11.1. The molecular weight excluding hydrogens is 272 g/mol. The van der Waals surface area contributed by atoms with E-state index < -0.39 is 15.9 Å². The van der Waals surface area contributed by atoms with E-state index in [2.05, 4.69) is 5.32 Å². The van der Waals surface area contributed by atoms with Gasteiger partial charge in [0.05, 0.1) is 0 Å². The molecule has 0 saturated heterocycles. The third kappa shape index (κ3) is 3.79. The fourth-order valence-electron chi connectivity index (χ4n) is 1.78. The second-order valence-electron chi connectivity index (χ2n) is 4.07. The average Bonchev–Trinajstić information content (AvgIpc) is 2.59. The minimum absolute atomic E-state index is 0.0302. The Hall–Kier alpha value is -1.38. The van der Waals surface area contributed by atoms with Crippen LogP contribution in [0.1, 0.15) is 28.3 Å². The number of furan rings is 1. The Morgan fingerprint density at radius 2 is 2.00 bits per heavy atom. The molecule has 19 heavy (non-hydrogen) atoms. The van der Waals surface area contributed by atoms with Crippen LogP contribution in [0.25, 0.3) is 0 Å². The summed E-state index contributed by atoms with van der Waals surface area (Å²) in [5.41, 5.74) is -0.0302. The monoisotopic (exact) mass is 290 g/mol. The highest BCUT2D eigenvalue weighted by atomic mass is 32.2. The lowest BCUT2D eigenvalue weighted by Gasteiger charge is -2.05. The van der Waals surface area contributed by atoms with Crippen LogP contribution in [0.3, 0.4) is 0 Å². The Kier molecular flexibility index (Phi) is 5.10. The number of amides is 1. The number of ether oxygens (including phenoxy) is 1.